The smallest absolute Gasteiger partial charge is 0.243 e. The molecule has 1 rings (SSSR count). The molecule has 6 nitrogen and oxygen atoms in total. The summed E-state index contributed by atoms with van der Waals surface area (Å²) in [6.45, 7) is 10.1. The van der Waals surface area contributed by atoms with Gasteiger partial charge in [-0.2, -0.15) is 0 Å². The lowest BCUT2D eigenvalue weighted by Gasteiger charge is -2.14. The maximum Gasteiger partial charge on any atom is 0.243 e. The molecular weight excluding hydrogens is 437 g/mol. The minimum Gasteiger partial charge on any atom is -0.356 e. The number of amides is 1. The average Bonchev–Trinajstić information content (AvgIpc) is 2.79. The molecule has 1 aromatic rings. The number of thiazole rings is 1. The van der Waals surface area contributed by atoms with Crippen LogP contribution in [0.25, 0.3) is 0 Å². The van der Waals surface area contributed by atoms with E-state index in [1.54, 1.807) is 30.3 Å². The Balaban J connectivity index is 0.00000529. The molecule has 0 radical (unpaired) electrons. The second-order valence-corrected chi connectivity index (χ2v) is 7.44. The van der Waals surface area contributed by atoms with Crippen molar-refractivity contribution in [1.82, 2.24) is 20.5 Å². The monoisotopic (exact) mass is 467 g/mol. The van der Waals surface area contributed by atoms with E-state index in [-0.39, 0.29) is 36.4 Å². The molecule has 0 saturated carbocycles. The number of likely N-dealkylation sites (N-methyl/N-ethyl adjacent to an activating group) is 1. The highest BCUT2D eigenvalue weighted by atomic mass is 127. The predicted molar refractivity (Wildman–Crippen MR) is 113 cm³/mol. The summed E-state index contributed by atoms with van der Waals surface area (Å²) in [5.41, 5.74) is 1.11. The van der Waals surface area contributed by atoms with E-state index in [0.717, 1.165) is 30.2 Å². The first-order valence-corrected chi connectivity index (χ1v) is 8.76. The number of aryl methyl sites for hydroxylation is 2. The third kappa shape index (κ3) is 8.81. The topological polar surface area (TPSA) is 69.6 Å². The summed E-state index contributed by atoms with van der Waals surface area (Å²) in [6, 6.07) is 0. The molecule has 0 spiro atoms. The van der Waals surface area contributed by atoms with E-state index in [0.29, 0.717) is 11.9 Å². The van der Waals surface area contributed by atoms with Gasteiger partial charge in [0.05, 0.1) is 10.7 Å². The maximum atomic E-state index is 11.7. The molecule has 0 saturated heterocycles. The first kappa shape index (κ1) is 23.1. The molecule has 0 unspecified atom stereocenters. The summed E-state index contributed by atoms with van der Waals surface area (Å²) >= 11 is 1.73. The van der Waals surface area contributed by atoms with Crippen LogP contribution in [-0.2, 0) is 11.2 Å². The molecule has 0 bridgehead atoms. The molecular formula is C16H30IN5OS. The van der Waals surface area contributed by atoms with Crippen molar-refractivity contribution in [3.8, 4) is 0 Å². The number of aromatic nitrogens is 1. The number of nitrogens with zero attached hydrogens (tertiary/aromatic N) is 3. The van der Waals surface area contributed by atoms with Crippen molar-refractivity contribution in [3.05, 3.63) is 15.6 Å². The van der Waals surface area contributed by atoms with E-state index >= 15 is 0 Å². The predicted octanol–water partition coefficient (Wildman–Crippen LogP) is 2.20. The number of rotatable bonds is 7. The van der Waals surface area contributed by atoms with Crippen LogP contribution >= 0.6 is 35.3 Å². The van der Waals surface area contributed by atoms with Crippen molar-refractivity contribution in [2.75, 3.05) is 33.7 Å². The Morgan fingerprint density at radius 3 is 2.46 bits per heavy atom. The standard InChI is InChI=1S/C16H29N5OS.HI/c1-11(2)9-18-16(19-10-15(22)21(5)6)17-8-7-14-20-12(3)13(4)23-14;/h11H,7-10H2,1-6H3,(H2,17,18,19);1H. The van der Waals surface area contributed by atoms with Gasteiger partial charge in [0.2, 0.25) is 5.91 Å². The normalized spacial score (nSPS) is 11.2. The van der Waals surface area contributed by atoms with Crippen LogP contribution < -0.4 is 10.6 Å². The van der Waals surface area contributed by atoms with Crippen LogP contribution in [0.3, 0.4) is 0 Å². The van der Waals surface area contributed by atoms with Gasteiger partial charge in [-0.25, -0.2) is 9.98 Å². The number of carbonyl (C=O) groups excluding carboxylic acids is 1. The van der Waals surface area contributed by atoms with Crippen LogP contribution in [0.2, 0.25) is 0 Å². The Kier molecular flexibility index (Phi) is 11.2. The largest absolute Gasteiger partial charge is 0.356 e. The van der Waals surface area contributed by atoms with Gasteiger partial charge >= 0.3 is 0 Å². The van der Waals surface area contributed by atoms with E-state index in [9.17, 15) is 4.79 Å². The van der Waals surface area contributed by atoms with E-state index in [1.807, 2.05) is 6.92 Å². The number of guanidine groups is 1. The van der Waals surface area contributed by atoms with Crippen LogP contribution in [0.4, 0.5) is 0 Å². The lowest BCUT2D eigenvalue weighted by atomic mass is 10.2. The molecule has 0 aliphatic rings. The molecule has 0 aliphatic carbocycles. The molecule has 8 heteroatoms. The van der Waals surface area contributed by atoms with Crippen LogP contribution in [0.15, 0.2) is 4.99 Å². The molecule has 1 heterocycles. The Morgan fingerprint density at radius 2 is 1.96 bits per heavy atom. The number of hydrogen-bond acceptors (Lipinski definition) is 4. The fourth-order valence-electron chi connectivity index (χ4n) is 1.70. The molecule has 0 atom stereocenters. The molecule has 1 amide bonds. The fourth-order valence-corrected chi connectivity index (χ4v) is 2.63. The molecule has 0 aliphatic heterocycles. The second-order valence-electron chi connectivity index (χ2n) is 6.15. The zero-order valence-corrected chi connectivity index (χ0v) is 18.6. The van der Waals surface area contributed by atoms with Crippen molar-refractivity contribution < 1.29 is 4.79 Å². The quantitative estimate of drug-likeness (QED) is 0.367. The molecule has 24 heavy (non-hydrogen) atoms. The summed E-state index contributed by atoms with van der Waals surface area (Å²) in [5, 5.41) is 7.67. The second kappa shape index (κ2) is 11.6. The SMILES string of the molecule is Cc1nc(CCNC(=NCC(=O)N(C)C)NCC(C)C)sc1C.I. The van der Waals surface area contributed by atoms with Crippen LogP contribution in [0.5, 0.6) is 0 Å². The number of halogens is 1. The number of carbonyl (C=O) groups is 1. The van der Waals surface area contributed by atoms with Gasteiger partial charge in [0, 0.05) is 38.5 Å². The van der Waals surface area contributed by atoms with Crippen molar-refractivity contribution in [2.45, 2.75) is 34.1 Å². The fraction of sp³-hybridized carbons (Fsp3) is 0.688. The highest BCUT2D eigenvalue weighted by Gasteiger charge is 2.07. The minimum atomic E-state index is -0.0122. The summed E-state index contributed by atoms with van der Waals surface area (Å²) < 4.78 is 0. The van der Waals surface area contributed by atoms with Gasteiger partial charge in [-0.1, -0.05) is 13.8 Å². The Bertz CT molecular complexity index is 523. The Hall–Kier alpha value is -0.900. The zero-order chi connectivity index (χ0) is 17.4. The van der Waals surface area contributed by atoms with Gasteiger partial charge < -0.3 is 15.5 Å². The Morgan fingerprint density at radius 1 is 1.29 bits per heavy atom. The molecule has 1 aromatic heterocycles. The third-order valence-corrected chi connectivity index (χ3v) is 4.39. The van der Waals surface area contributed by atoms with Gasteiger partial charge in [-0.15, -0.1) is 35.3 Å². The van der Waals surface area contributed by atoms with Crippen molar-refractivity contribution in [2.24, 2.45) is 10.9 Å². The van der Waals surface area contributed by atoms with E-state index in [1.165, 1.54) is 4.88 Å². The third-order valence-electron chi connectivity index (χ3n) is 3.25. The first-order chi connectivity index (χ1) is 10.8. The lowest BCUT2D eigenvalue weighted by Crippen LogP contribution is -2.41. The van der Waals surface area contributed by atoms with Crippen LogP contribution in [-0.4, -0.2) is 55.5 Å². The summed E-state index contributed by atoms with van der Waals surface area (Å²) in [4.78, 5) is 23.4. The average molecular weight is 467 g/mol. The number of nitrogens with one attached hydrogen (secondary N) is 2. The van der Waals surface area contributed by atoms with Crippen molar-refractivity contribution in [1.29, 1.82) is 0 Å². The van der Waals surface area contributed by atoms with E-state index in [4.69, 9.17) is 0 Å². The first-order valence-electron chi connectivity index (χ1n) is 7.94. The Labute approximate surface area is 166 Å². The highest BCUT2D eigenvalue weighted by Crippen LogP contribution is 2.16. The van der Waals surface area contributed by atoms with E-state index in [2.05, 4.69) is 41.4 Å². The van der Waals surface area contributed by atoms with Gasteiger partial charge in [-0.05, 0) is 19.8 Å². The lowest BCUT2D eigenvalue weighted by molar-refractivity contribution is -0.127. The van der Waals surface area contributed by atoms with Crippen molar-refractivity contribution in [3.63, 3.8) is 0 Å². The van der Waals surface area contributed by atoms with Crippen molar-refractivity contribution >= 4 is 47.2 Å². The van der Waals surface area contributed by atoms with Gasteiger partial charge in [0.15, 0.2) is 5.96 Å². The molecule has 0 fully saturated rings. The summed E-state index contributed by atoms with van der Waals surface area (Å²) in [5.74, 6) is 1.18. The summed E-state index contributed by atoms with van der Waals surface area (Å²) in [6.07, 6.45) is 0.851. The minimum absolute atomic E-state index is 0. The maximum absolute atomic E-state index is 11.7. The highest BCUT2D eigenvalue weighted by molar-refractivity contribution is 14.0. The van der Waals surface area contributed by atoms with Gasteiger partial charge in [0.1, 0.15) is 6.54 Å². The van der Waals surface area contributed by atoms with Crippen LogP contribution in [0.1, 0.15) is 29.4 Å². The van der Waals surface area contributed by atoms with Gasteiger partial charge in [0.25, 0.3) is 0 Å². The summed E-state index contributed by atoms with van der Waals surface area (Å²) in [7, 11) is 3.47. The molecule has 0 aromatic carbocycles. The number of hydrogen-bond donors (Lipinski definition) is 2. The molecule has 138 valence electrons. The number of aliphatic imine (C=N–C) groups is 1. The molecule has 2 N–H and O–H groups in total. The van der Waals surface area contributed by atoms with Gasteiger partial charge in [-0.3, -0.25) is 4.79 Å². The van der Waals surface area contributed by atoms with E-state index < -0.39 is 0 Å². The zero-order valence-electron chi connectivity index (χ0n) is 15.5. The van der Waals surface area contributed by atoms with Crippen LogP contribution in [0, 0.1) is 19.8 Å².